The van der Waals surface area contributed by atoms with Crippen molar-refractivity contribution in [3.05, 3.63) is 0 Å². The predicted molar refractivity (Wildman–Crippen MR) is 57.2 cm³/mol. The van der Waals surface area contributed by atoms with Crippen LogP contribution in [0.1, 0.15) is 27.7 Å². The van der Waals surface area contributed by atoms with Gasteiger partial charge in [0.15, 0.2) is 0 Å². The van der Waals surface area contributed by atoms with Crippen molar-refractivity contribution in [3.63, 3.8) is 0 Å². The van der Waals surface area contributed by atoms with E-state index >= 15 is 0 Å². The first kappa shape index (κ1) is 13.1. The van der Waals surface area contributed by atoms with Crippen LogP contribution < -0.4 is 5.73 Å². The van der Waals surface area contributed by atoms with Crippen LogP contribution in [0.15, 0.2) is 0 Å². The lowest BCUT2D eigenvalue weighted by molar-refractivity contribution is 0.00669. The second kappa shape index (κ2) is 5.73. The van der Waals surface area contributed by atoms with E-state index in [2.05, 4.69) is 0 Å². The molecule has 0 saturated carbocycles. The number of ether oxygens (including phenoxy) is 1. The predicted octanol–water partition coefficient (Wildman–Crippen LogP) is 0.897. The monoisotopic (exact) mass is 207 g/mol. The van der Waals surface area contributed by atoms with Gasteiger partial charge in [0, 0.05) is 28.3 Å². The van der Waals surface area contributed by atoms with E-state index in [0.717, 1.165) is 0 Å². The van der Waals surface area contributed by atoms with Crippen molar-refractivity contribution >= 4 is 10.8 Å². The Morgan fingerprint density at radius 3 is 2.38 bits per heavy atom. The van der Waals surface area contributed by atoms with E-state index in [1.54, 1.807) is 0 Å². The van der Waals surface area contributed by atoms with Gasteiger partial charge in [-0.1, -0.05) is 0 Å². The number of rotatable bonds is 5. The molecule has 2 atom stereocenters. The largest absolute Gasteiger partial charge is 0.375 e. The molecule has 2 N–H and O–H groups in total. The summed E-state index contributed by atoms with van der Waals surface area (Å²) in [6, 6.07) is 0.00969. The lowest BCUT2D eigenvalue weighted by atomic mass is 10.2. The third-order valence-corrected chi connectivity index (χ3v) is 2.81. The Labute approximate surface area is 83.5 Å². The molecule has 0 aliphatic rings. The van der Waals surface area contributed by atoms with E-state index in [9.17, 15) is 4.21 Å². The van der Waals surface area contributed by atoms with E-state index in [4.69, 9.17) is 10.5 Å². The van der Waals surface area contributed by atoms with Gasteiger partial charge in [-0.2, -0.15) is 0 Å². The van der Waals surface area contributed by atoms with Crippen LogP contribution in [0.25, 0.3) is 0 Å². The summed E-state index contributed by atoms with van der Waals surface area (Å²) in [5.41, 5.74) is 5.38. The molecule has 0 aliphatic heterocycles. The molecule has 0 aromatic heterocycles. The van der Waals surface area contributed by atoms with E-state index in [1.807, 2.05) is 27.7 Å². The summed E-state index contributed by atoms with van der Waals surface area (Å²) in [5.74, 6) is 1.15. The van der Waals surface area contributed by atoms with Crippen molar-refractivity contribution < 1.29 is 8.95 Å². The molecule has 0 heterocycles. The van der Waals surface area contributed by atoms with Gasteiger partial charge in [0.1, 0.15) is 0 Å². The van der Waals surface area contributed by atoms with Crippen LogP contribution in [0, 0.1) is 0 Å². The molecule has 0 aliphatic carbocycles. The minimum absolute atomic E-state index is 0.00969. The van der Waals surface area contributed by atoms with E-state index in [1.165, 1.54) is 0 Å². The number of nitrogens with two attached hydrogens (primary N) is 1. The van der Waals surface area contributed by atoms with Crippen LogP contribution in [0.2, 0.25) is 0 Å². The highest BCUT2D eigenvalue weighted by atomic mass is 32.2. The summed E-state index contributed by atoms with van der Waals surface area (Å²) in [7, 11) is -0.835. The Morgan fingerprint density at radius 1 is 1.46 bits per heavy atom. The summed E-state index contributed by atoms with van der Waals surface area (Å²) < 4.78 is 16.7. The SMILES string of the molecule is CC(N)CS(=O)CCOC(C)(C)C. The van der Waals surface area contributed by atoms with Crippen molar-refractivity contribution in [2.24, 2.45) is 5.73 Å². The molecule has 0 saturated heterocycles. The molecule has 0 bridgehead atoms. The zero-order valence-electron chi connectivity index (χ0n) is 9.00. The molecule has 0 radical (unpaired) electrons. The van der Waals surface area contributed by atoms with Gasteiger partial charge in [-0.15, -0.1) is 0 Å². The first-order chi connectivity index (χ1) is 5.81. The number of hydrogen-bond donors (Lipinski definition) is 1. The average molecular weight is 207 g/mol. The highest BCUT2D eigenvalue weighted by Gasteiger charge is 2.10. The van der Waals surface area contributed by atoms with Crippen LogP contribution >= 0.6 is 0 Å². The second-order valence-corrected chi connectivity index (χ2v) is 5.87. The smallest absolute Gasteiger partial charge is 0.0598 e. The van der Waals surface area contributed by atoms with Crippen LogP contribution in [0.4, 0.5) is 0 Å². The molecule has 0 aromatic rings. The van der Waals surface area contributed by atoms with Gasteiger partial charge in [0.25, 0.3) is 0 Å². The minimum Gasteiger partial charge on any atom is -0.375 e. The first-order valence-corrected chi connectivity index (χ1v) is 6.04. The Bertz CT molecular complexity index is 163. The molecule has 13 heavy (non-hydrogen) atoms. The van der Waals surface area contributed by atoms with Gasteiger partial charge in [0.2, 0.25) is 0 Å². The maximum Gasteiger partial charge on any atom is 0.0598 e. The molecule has 0 fully saturated rings. The van der Waals surface area contributed by atoms with Crippen molar-refractivity contribution in [2.75, 3.05) is 18.1 Å². The molecular formula is C9H21NO2S. The van der Waals surface area contributed by atoms with E-state index in [-0.39, 0.29) is 11.6 Å². The second-order valence-electron chi connectivity index (χ2n) is 4.25. The Kier molecular flexibility index (Phi) is 5.76. The molecule has 0 aromatic carbocycles. The third-order valence-electron chi connectivity index (χ3n) is 1.29. The fourth-order valence-electron chi connectivity index (χ4n) is 0.817. The Balaban J connectivity index is 3.49. The fourth-order valence-corrected chi connectivity index (χ4v) is 1.84. The molecule has 3 nitrogen and oxygen atoms in total. The van der Waals surface area contributed by atoms with Crippen LogP contribution in [-0.2, 0) is 15.5 Å². The van der Waals surface area contributed by atoms with Gasteiger partial charge in [-0.25, -0.2) is 0 Å². The Hall–Kier alpha value is 0.0700. The molecular weight excluding hydrogens is 186 g/mol. The summed E-state index contributed by atoms with van der Waals surface area (Å²) in [4.78, 5) is 0. The van der Waals surface area contributed by atoms with Crippen LogP contribution in [0.5, 0.6) is 0 Å². The lowest BCUT2D eigenvalue weighted by Crippen LogP contribution is -2.27. The maximum atomic E-state index is 11.3. The van der Waals surface area contributed by atoms with E-state index < -0.39 is 10.8 Å². The van der Waals surface area contributed by atoms with Gasteiger partial charge in [0.05, 0.1) is 12.2 Å². The third kappa shape index (κ3) is 9.99. The topological polar surface area (TPSA) is 52.3 Å². The summed E-state index contributed by atoms with van der Waals surface area (Å²) in [6.07, 6.45) is 0. The molecule has 4 heteroatoms. The summed E-state index contributed by atoms with van der Waals surface area (Å²) in [5, 5.41) is 0. The highest BCUT2D eigenvalue weighted by Crippen LogP contribution is 2.05. The standard InChI is InChI=1S/C9H21NO2S/c1-8(10)7-13(11)6-5-12-9(2,3)4/h8H,5-7,10H2,1-4H3. The zero-order chi connectivity index (χ0) is 10.5. The van der Waals surface area contributed by atoms with Gasteiger partial charge < -0.3 is 10.5 Å². The van der Waals surface area contributed by atoms with Gasteiger partial charge >= 0.3 is 0 Å². The summed E-state index contributed by atoms with van der Waals surface area (Å²) >= 11 is 0. The minimum atomic E-state index is -0.835. The molecule has 0 rings (SSSR count). The highest BCUT2D eigenvalue weighted by molar-refractivity contribution is 7.85. The first-order valence-electron chi connectivity index (χ1n) is 4.56. The number of hydrogen-bond acceptors (Lipinski definition) is 3. The quantitative estimate of drug-likeness (QED) is 0.728. The van der Waals surface area contributed by atoms with Crippen LogP contribution in [0.3, 0.4) is 0 Å². The fraction of sp³-hybridized carbons (Fsp3) is 1.00. The molecule has 0 spiro atoms. The summed E-state index contributed by atoms with van der Waals surface area (Å²) in [6.45, 7) is 8.37. The average Bonchev–Trinajstić information content (AvgIpc) is 1.81. The van der Waals surface area contributed by atoms with Crippen molar-refractivity contribution in [3.8, 4) is 0 Å². The maximum absolute atomic E-state index is 11.3. The van der Waals surface area contributed by atoms with E-state index in [0.29, 0.717) is 18.1 Å². The van der Waals surface area contributed by atoms with Crippen molar-refractivity contribution in [2.45, 2.75) is 39.3 Å². The van der Waals surface area contributed by atoms with Crippen LogP contribution in [-0.4, -0.2) is 34.0 Å². The van der Waals surface area contributed by atoms with Gasteiger partial charge in [-0.05, 0) is 27.7 Å². The lowest BCUT2D eigenvalue weighted by Gasteiger charge is -2.19. The molecule has 2 unspecified atom stereocenters. The normalized spacial score (nSPS) is 17.0. The molecule has 0 amide bonds. The zero-order valence-corrected chi connectivity index (χ0v) is 9.82. The molecule has 80 valence electrons. The Morgan fingerprint density at radius 2 is 2.00 bits per heavy atom. The van der Waals surface area contributed by atoms with Crippen molar-refractivity contribution in [1.29, 1.82) is 0 Å². The van der Waals surface area contributed by atoms with Crippen molar-refractivity contribution in [1.82, 2.24) is 0 Å². The van der Waals surface area contributed by atoms with Gasteiger partial charge in [-0.3, -0.25) is 4.21 Å².